The van der Waals surface area contributed by atoms with E-state index >= 15 is 0 Å². The van der Waals surface area contributed by atoms with Gasteiger partial charge >= 0.3 is 0 Å². The van der Waals surface area contributed by atoms with Crippen molar-refractivity contribution in [2.75, 3.05) is 16.8 Å². The largest absolute Gasteiger partial charge is 0.368 e. The van der Waals surface area contributed by atoms with Crippen LogP contribution in [0.15, 0.2) is 41.8 Å². The molecule has 0 saturated carbocycles. The molecule has 1 amide bonds. The summed E-state index contributed by atoms with van der Waals surface area (Å²) < 4.78 is 0. The summed E-state index contributed by atoms with van der Waals surface area (Å²) in [7, 11) is 0. The minimum atomic E-state index is -0.120. The van der Waals surface area contributed by atoms with Gasteiger partial charge in [0.05, 0.1) is 5.75 Å². The van der Waals surface area contributed by atoms with Crippen molar-refractivity contribution in [1.82, 2.24) is 15.0 Å². The number of nitrogen functional groups attached to an aromatic ring is 1. The standard InChI is InChI=1S/C11H11N5OS/c12-10-13-7-14-11(16-10)18-6-9(17)15-8-4-2-1-3-5-8/h1-5,7H,6H2,(H,15,17)(H2,12,13,14,16). The lowest BCUT2D eigenvalue weighted by Crippen LogP contribution is -2.14. The molecule has 2 rings (SSSR count). The van der Waals surface area contributed by atoms with Crippen LogP contribution in [0.25, 0.3) is 0 Å². The highest BCUT2D eigenvalue weighted by molar-refractivity contribution is 7.99. The van der Waals surface area contributed by atoms with Crippen LogP contribution in [-0.4, -0.2) is 26.6 Å². The molecule has 6 nitrogen and oxygen atoms in total. The van der Waals surface area contributed by atoms with Crippen molar-refractivity contribution in [3.05, 3.63) is 36.7 Å². The maximum absolute atomic E-state index is 11.6. The molecular formula is C11H11N5OS. The molecule has 0 aliphatic heterocycles. The van der Waals surface area contributed by atoms with Gasteiger partial charge in [-0.15, -0.1) is 0 Å². The Bertz CT molecular complexity index is 534. The minimum absolute atomic E-state index is 0.120. The molecule has 0 unspecified atom stereocenters. The number of hydrogen-bond acceptors (Lipinski definition) is 6. The van der Waals surface area contributed by atoms with Gasteiger partial charge in [-0.2, -0.15) is 4.98 Å². The third kappa shape index (κ3) is 3.70. The zero-order valence-electron chi connectivity index (χ0n) is 9.41. The molecule has 1 heterocycles. The molecule has 0 spiro atoms. The Labute approximate surface area is 108 Å². The first-order chi connectivity index (χ1) is 8.74. The van der Waals surface area contributed by atoms with Crippen LogP contribution in [0.3, 0.4) is 0 Å². The summed E-state index contributed by atoms with van der Waals surface area (Å²) in [6, 6.07) is 9.25. The maximum atomic E-state index is 11.6. The Balaban J connectivity index is 1.85. The van der Waals surface area contributed by atoms with Crippen molar-refractivity contribution < 1.29 is 4.79 Å². The number of rotatable bonds is 4. The number of nitrogens with zero attached hydrogens (tertiary/aromatic N) is 3. The lowest BCUT2D eigenvalue weighted by atomic mass is 10.3. The van der Waals surface area contributed by atoms with Gasteiger partial charge in [-0.25, -0.2) is 9.97 Å². The number of carbonyl (C=O) groups is 1. The van der Waals surface area contributed by atoms with Crippen LogP contribution >= 0.6 is 11.8 Å². The Kier molecular flexibility index (Phi) is 4.08. The fraction of sp³-hybridized carbons (Fsp3) is 0.0909. The monoisotopic (exact) mass is 261 g/mol. The predicted octanol–water partition coefficient (Wildman–Crippen LogP) is 1.18. The normalized spacial score (nSPS) is 10.0. The zero-order chi connectivity index (χ0) is 12.8. The Morgan fingerprint density at radius 1 is 1.28 bits per heavy atom. The summed E-state index contributed by atoms with van der Waals surface area (Å²) in [5.41, 5.74) is 6.17. The summed E-state index contributed by atoms with van der Waals surface area (Å²) in [5, 5.41) is 3.20. The van der Waals surface area contributed by atoms with E-state index in [-0.39, 0.29) is 17.6 Å². The quantitative estimate of drug-likeness (QED) is 0.803. The van der Waals surface area contributed by atoms with Crippen molar-refractivity contribution in [2.45, 2.75) is 5.16 Å². The van der Waals surface area contributed by atoms with E-state index in [1.165, 1.54) is 18.1 Å². The molecule has 0 atom stereocenters. The van der Waals surface area contributed by atoms with Gasteiger partial charge in [-0.05, 0) is 12.1 Å². The lowest BCUT2D eigenvalue weighted by Gasteiger charge is -2.03. The molecule has 0 fully saturated rings. The number of hydrogen-bond donors (Lipinski definition) is 2. The molecule has 0 aliphatic rings. The van der Waals surface area contributed by atoms with E-state index < -0.39 is 0 Å². The second-order valence-electron chi connectivity index (χ2n) is 3.33. The lowest BCUT2D eigenvalue weighted by molar-refractivity contribution is -0.113. The molecule has 92 valence electrons. The first-order valence-corrected chi connectivity index (χ1v) is 6.15. The molecule has 0 aliphatic carbocycles. The van der Waals surface area contributed by atoms with Gasteiger partial charge in [0, 0.05) is 5.69 Å². The van der Waals surface area contributed by atoms with Crippen LogP contribution in [0.5, 0.6) is 0 Å². The van der Waals surface area contributed by atoms with Crippen molar-refractivity contribution in [2.24, 2.45) is 0 Å². The summed E-state index contributed by atoms with van der Waals surface area (Å²) in [4.78, 5) is 23.1. The van der Waals surface area contributed by atoms with E-state index in [1.54, 1.807) is 0 Å². The van der Waals surface area contributed by atoms with Crippen LogP contribution in [-0.2, 0) is 4.79 Å². The summed E-state index contributed by atoms with van der Waals surface area (Å²) in [5.74, 6) is 0.249. The third-order valence-electron chi connectivity index (χ3n) is 1.96. The van der Waals surface area contributed by atoms with E-state index in [0.717, 1.165) is 5.69 Å². The first-order valence-electron chi connectivity index (χ1n) is 5.16. The smallest absolute Gasteiger partial charge is 0.234 e. The number of nitrogens with one attached hydrogen (secondary N) is 1. The molecule has 3 N–H and O–H groups in total. The predicted molar refractivity (Wildman–Crippen MR) is 70.0 cm³/mol. The number of amides is 1. The average molecular weight is 261 g/mol. The number of para-hydroxylation sites is 1. The Morgan fingerprint density at radius 3 is 2.78 bits per heavy atom. The highest BCUT2D eigenvalue weighted by Crippen LogP contribution is 2.13. The summed E-state index contributed by atoms with van der Waals surface area (Å²) in [6.45, 7) is 0. The SMILES string of the molecule is Nc1ncnc(SCC(=O)Nc2ccccc2)n1. The molecule has 1 aromatic heterocycles. The number of carbonyl (C=O) groups excluding carboxylic acids is 1. The van der Waals surface area contributed by atoms with Gasteiger partial charge in [0.1, 0.15) is 6.33 Å². The number of benzene rings is 1. The zero-order valence-corrected chi connectivity index (χ0v) is 10.2. The second-order valence-corrected chi connectivity index (χ2v) is 4.27. The van der Waals surface area contributed by atoms with Crippen LogP contribution < -0.4 is 11.1 Å². The van der Waals surface area contributed by atoms with Gasteiger partial charge in [0.15, 0.2) is 5.16 Å². The van der Waals surface area contributed by atoms with Crippen molar-refractivity contribution in [1.29, 1.82) is 0 Å². The van der Waals surface area contributed by atoms with Crippen LogP contribution in [0.2, 0.25) is 0 Å². The molecule has 1 aromatic carbocycles. The van der Waals surface area contributed by atoms with Crippen LogP contribution in [0.4, 0.5) is 11.6 Å². The number of nitrogens with two attached hydrogens (primary N) is 1. The highest BCUT2D eigenvalue weighted by Gasteiger charge is 2.05. The fourth-order valence-electron chi connectivity index (χ4n) is 1.21. The fourth-order valence-corrected chi connectivity index (χ4v) is 1.82. The summed E-state index contributed by atoms with van der Waals surface area (Å²) in [6.07, 6.45) is 1.32. The Hall–Kier alpha value is -2.15. The summed E-state index contributed by atoms with van der Waals surface area (Å²) >= 11 is 1.21. The van der Waals surface area contributed by atoms with E-state index in [1.807, 2.05) is 30.3 Å². The molecule has 0 saturated heterocycles. The number of aromatic nitrogens is 3. The number of anilines is 2. The van der Waals surface area contributed by atoms with Gasteiger partial charge < -0.3 is 11.1 Å². The van der Waals surface area contributed by atoms with E-state index in [4.69, 9.17) is 5.73 Å². The molecule has 18 heavy (non-hydrogen) atoms. The Morgan fingerprint density at radius 2 is 2.06 bits per heavy atom. The van der Waals surface area contributed by atoms with Crippen molar-refractivity contribution in [3.8, 4) is 0 Å². The van der Waals surface area contributed by atoms with Gasteiger partial charge in [-0.3, -0.25) is 4.79 Å². The van der Waals surface area contributed by atoms with E-state index in [9.17, 15) is 4.79 Å². The molecule has 0 bridgehead atoms. The first kappa shape index (κ1) is 12.3. The number of thioether (sulfide) groups is 1. The molecular weight excluding hydrogens is 250 g/mol. The van der Waals surface area contributed by atoms with Crippen molar-refractivity contribution in [3.63, 3.8) is 0 Å². The molecule has 7 heteroatoms. The van der Waals surface area contributed by atoms with E-state index in [0.29, 0.717) is 5.16 Å². The highest BCUT2D eigenvalue weighted by atomic mass is 32.2. The van der Waals surface area contributed by atoms with Gasteiger partial charge in [0.2, 0.25) is 11.9 Å². The van der Waals surface area contributed by atoms with Crippen LogP contribution in [0.1, 0.15) is 0 Å². The van der Waals surface area contributed by atoms with Crippen molar-refractivity contribution >= 4 is 29.3 Å². The van der Waals surface area contributed by atoms with Gasteiger partial charge in [-0.1, -0.05) is 30.0 Å². The minimum Gasteiger partial charge on any atom is -0.368 e. The molecule has 2 aromatic rings. The molecule has 0 radical (unpaired) electrons. The second kappa shape index (κ2) is 5.97. The average Bonchev–Trinajstić information content (AvgIpc) is 2.38. The third-order valence-corrected chi connectivity index (χ3v) is 2.82. The van der Waals surface area contributed by atoms with Gasteiger partial charge in [0.25, 0.3) is 0 Å². The van der Waals surface area contributed by atoms with Crippen LogP contribution in [0, 0.1) is 0 Å². The maximum Gasteiger partial charge on any atom is 0.234 e. The van der Waals surface area contributed by atoms with E-state index in [2.05, 4.69) is 20.3 Å². The topological polar surface area (TPSA) is 93.8 Å².